The molecule has 0 saturated carbocycles. The molecule has 0 saturated heterocycles. The van der Waals surface area contributed by atoms with Crippen molar-refractivity contribution in [2.24, 2.45) is 0 Å². The molecule has 0 amide bonds. The van der Waals surface area contributed by atoms with Gasteiger partial charge in [0.15, 0.2) is 11.6 Å². The van der Waals surface area contributed by atoms with Crippen LogP contribution in [0, 0.1) is 0 Å². The summed E-state index contributed by atoms with van der Waals surface area (Å²) in [4.78, 5) is 26.3. The lowest BCUT2D eigenvalue weighted by Gasteiger charge is -2.20. The van der Waals surface area contributed by atoms with E-state index in [0.717, 1.165) is 37.5 Å². The van der Waals surface area contributed by atoms with E-state index in [1.807, 2.05) is 30.4 Å². The van der Waals surface area contributed by atoms with Gasteiger partial charge in [-0.2, -0.15) is 0 Å². The Hall–Kier alpha value is -3.56. The fourth-order valence-corrected chi connectivity index (χ4v) is 4.92. The normalized spacial score (nSPS) is 12.4. The lowest BCUT2D eigenvalue weighted by Crippen LogP contribution is -2.21. The van der Waals surface area contributed by atoms with Crippen molar-refractivity contribution in [1.82, 2.24) is 0 Å². The summed E-state index contributed by atoms with van der Waals surface area (Å²) in [5.74, 6) is -0.258. The Balaban J connectivity index is 1.82. The first-order valence-electron chi connectivity index (χ1n) is 9.88. The maximum absolute atomic E-state index is 13.2. The quantitative estimate of drug-likeness (QED) is 0.280. The third kappa shape index (κ3) is 2.85. The van der Waals surface area contributed by atoms with Gasteiger partial charge in [-0.05, 0) is 51.2 Å². The molecule has 0 unspecified atom stereocenters. The minimum atomic E-state index is -0.130. The van der Waals surface area contributed by atoms with Crippen molar-refractivity contribution in [3.05, 3.63) is 118 Å². The first-order chi connectivity index (χ1) is 15.0. The Morgan fingerprint density at radius 2 is 1.19 bits per heavy atom. The van der Waals surface area contributed by atoms with Crippen molar-refractivity contribution in [2.45, 2.75) is 0 Å². The van der Waals surface area contributed by atoms with Crippen LogP contribution in [0.3, 0.4) is 0 Å². The van der Waals surface area contributed by atoms with Gasteiger partial charge >= 0.3 is 0 Å². The molecule has 0 radical (unpaired) electrons. The molecular formula is C28H17BrO2. The van der Waals surface area contributed by atoms with Gasteiger partial charge in [-0.3, -0.25) is 9.59 Å². The monoisotopic (exact) mass is 464 g/mol. The molecule has 0 fully saturated rings. The Kier molecular flexibility index (Phi) is 4.57. The van der Waals surface area contributed by atoms with Crippen molar-refractivity contribution < 1.29 is 9.59 Å². The van der Waals surface area contributed by atoms with Crippen molar-refractivity contribution in [2.75, 3.05) is 0 Å². The van der Waals surface area contributed by atoms with Crippen LogP contribution in [0.25, 0.3) is 34.1 Å². The third-order valence-corrected chi connectivity index (χ3v) is 6.50. The maximum Gasteiger partial charge on any atom is 0.194 e. The number of hydrogen-bond acceptors (Lipinski definition) is 2. The van der Waals surface area contributed by atoms with Crippen molar-refractivity contribution >= 4 is 50.4 Å². The van der Waals surface area contributed by atoms with Crippen LogP contribution in [0.5, 0.6) is 0 Å². The number of rotatable bonds is 3. The highest BCUT2D eigenvalue weighted by Gasteiger charge is 2.30. The maximum atomic E-state index is 13.2. The number of halogens is 1. The van der Waals surface area contributed by atoms with Crippen molar-refractivity contribution in [3.63, 3.8) is 0 Å². The zero-order valence-electron chi connectivity index (χ0n) is 16.6. The second kappa shape index (κ2) is 7.29. The van der Waals surface area contributed by atoms with E-state index in [9.17, 15) is 9.59 Å². The number of carbonyl (C=O) groups excluding carboxylic acids is 2. The lowest BCUT2D eigenvalue weighted by atomic mass is 9.82. The van der Waals surface area contributed by atoms with E-state index in [1.54, 1.807) is 30.3 Å². The predicted molar refractivity (Wildman–Crippen MR) is 131 cm³/mol. The molecule has 0 bridgehead atoms. The van der Waals surface area contributed by atoms with Gasteiger partial charge in [0.2, 0.25) is 0 Å². The summed E-state index contributed by atoms with van der Waals surface area (Å²) in [7, 11) is 0. The fourth-order valence-electron chi connectivity index (χ4n) is 4.36. The largest absolute Gasteiger partial charge is 0.289 e. The van der Waals surface area contributed by atoms with Crippen molar-refractivity contribution in [3.8, 4) is 11.1 Å². The van der Waals surface area contributed by atoms with Crippen LogP contribution in [0.15, 0.2) is 84.4 Å². The van der Waals surface area contributed by atoms with Gasteiger partial charge in [0.25, 0.3) is 0 Å². The molecular weight excluding hydrogens is 448 g/mol. The first kappa shape index (κ1) is 19.4. The summed E-state index contributed by atoms with van der Waals surface area (Å²) in [5.41, 5.74) is 5.55. The standard InChI is InChI=1S/C28H17BrO2/c1-3-16-13-22(19-10-6-5-9-18(19)17(16)4-2)23-14-24-25(15-26(23)29)28(31)21-12-8-7-11-20(21)27(24)30/h3-15H,1-2H2. The molecule has 3 heteroatoms. The van der Waals surface area contributed by atoms with Gasteiger partial charge < -0.3 is 0 Å². The molecule has 31 heavy (non-hydrogen) atoms. The second-order valence-corrected chi connectivity index (χ2v) is 8.32. The van der Waals surface area contributed by atoms with E-state index in [2.05, 4.69) is 47.3 Å². The number of hydrogen-bond donors (Lipinski definition) is 0. The van der Waals surface area contributed by atoms with E-state index in [4.69, 9.17) is 0 Å². The highest BCUT2D eigenvalue weighted by molar-refractivity contribution is 9.10. The number of carbonyl (C=O) groups is 2. The molecule has 2 nitrogen and oxygen atoms in total. The Bertz CT molecular complexity index is 1460. The summed E-state index contributed by atoms with van der Waals surface area (Å²) < 4.78 is 0.762. The summed E-state index contributed by atoms with van der Waals surface area (Å²) >= 11 is 3.66. The zero-order valence-corrected chi connectivity index (χ0v) is 18.2. The Morgan fingerprint density at radius 1 is 0.613 bits per heavy atom. The van der Waals surface area contributed by atoms with Gasteiger partial charge in [0, 0.05) is 26.7 Å². The van der Waals surface area contributed by atoms with Gasteiger partial charge in [-0.25, -0.2) is 0 Å². The summed E-state index contributed by atoms with van der Waals surface area (Å²) in [6, 6.07) is 20.7. The Morgan fingerprint density at radius 3 is 1.81 bits per heavy atom. The summed E-state index contributed by atoms with van der Waals surface area (Å²) in [5, 5.41) is 2.10. The van der Waals surface area contributed by atoms with E-state index in [-0.39, 0.29) is 11.6 Å². The smallest absolute Gasteiger partial charge is 0.194 e. The van der Waals surface area contributed by atoms with Gasteiger partial charge in [-0.15, -0.1) is 0 Å². The molecule has 4 aromatic rings. The molecule has 0 aliphatic heterocycles. The third-order valence-electron chi connectivity index (χ3n) is 5.85. The van der Waals surface area contributed by atoms with Crippen LogP contribution >= 0.6 is 15.9 Å². The predicted octanol–water partition coefficient (Wildman–Crippen LogP) is 7.33. The highest BCUT2D eigenvalue weighted by Crippen LogP contribution is 2.40. The molecule has 1 aliphatic carbocycles. The molecule has 0 aromatic heterocycles. The first-order valence-corrected chi connectivity index (χ1v) is 10.7. The zero-order chi connectivity index (χ0) is 21.7. The number of ketones is 2. The number of benzene rings is 4. The fraction of sp³-hybridized carbons (Fsp3) is 0. The van der Waals surface area contributed by atoms with Gasteiger partial charge in [0.1, 0.15) is 0 Å². The van der Waals surface area contributed by atoms with E-state index in [0.29, 0.717) is 22.3 Å². The van der Waals surface area contributed by atoms with Crippen molar-refractivity contribution in [1.29, 1.82) is 0 Å². The second-order valence-electron chi connectivity index (χ2n) is 7.46. The van der Waals surface area contributed by atoms with Crippen LogP contribution in [-0.2, 0) is 0 Å². The molecule has 0 heterocycles. The molecule has 0 N–H and O–H groups in total. The van der Waals surface area contributed by atoms with Gasteiger partial charge in [-0.1, -0.05) is 89.8 Å². The molecule has 5 rings (SSSR count). The minimum absolute atomic E-state index is 0.129. The summed E-state index contributed by atoms with van der Waals surface area (Å²) in [6.45, 7) is 7.93. The minimum Gasteiger partial charge on any atom is -0.289 e. The van der Waals surface area contributed by atoms with Gasteiger partial charge in [0.05, 0.1) is 0 Å². The van der Waals surface area contributed by atoms with Crippen LogP contribution < -0.4 is 0 Å². The molecule has 0 spiro atoms. The average Bonchev–Trinajstić information content (AvgIpc) is 2.81. The number of fused-ring (bicyclic) bond motifs is 3. The Labute approximate surface area is 188 Å². The topological polar surface area (TPSA) is 34.1 Å². The van der Waals surface area contributed by atoms with Crippen LogP contribution in [0.2, 0.25) is 0 Å². The SMILES string of the molecule is C=Cc1cc(-c2cc3c(cc2Br)C(=O)c2ccccc2C3=O)c2ccccc2c1C=C. The van der Waals surface area contributed by atoms with Crippen LogP contribution in [0.4, 0.5) is 0 Å². The molecule has 1 aliphatic rings. The van der Waals surface area contributed by atoms with E-state index >= 15 is 0 Å². The summed E-state index contributed by atoms with van der Waals surface area (Å²) in [6.07, 6.45) is 3.65. The highest BCUT2D eigenvalue weighted by atomic mass is 79.9. The molecule has 148 valence electrons. The lowest BCUT2D eigenvalue weighted by molar-refractivity contribution is 0.0979. The van der Waals surface area contributed by atoms with Crippen LogP contribution in [0.1, 0.15) is 43.0 Å². The van der Waals surface area contributed by atoms with E-state index < -0.39 is 0 Å². The average molecular weight is 465 g/mol. The van der Waals surface area contributed by atoms with E-state index in [1.165, 1.54) is 0 Å². The van der Waals surface area contributed by atoms with Crippen LogP contribution in [-0.4, -0.2) is 11.6 Å². The molecule has 4 aromatic carbocycles. The molecule has 0 atom stereocenters.